The van der Waals surface area contributed by atoms with Gasteiger partial charge >= 0.3 is 5.97 Å². The van der Waals surface area contributed by atoms with Crippen LogP contribution in [-0.4, -0.2) is 25.9 Å². The molecule has 1 N–H and O–H groups in total. The van der Waals surface area contributed by atoms with Gasteiger partial charge in [-0.3, -0.25) is 14.8 Å². The van der Waals surface area contributed by atoms with Crippen molar-refractivity contribution in [2.45, 2.75) is 44.9 Å². The van der Waals surface area contributed by atoms with E-state index in [1.807, 2.05) is 0 Å². The highest BCUT2D eigenvalue weighted by molar-refractivity contribution is 7.92. The molecule has 1 aromatic heterocycles. The lowest BCUT2D eigenvalue weighted by molar-refractivity contribution is -0.385. The van der Waals surface area contributed by atoms with Crippen LogP contribution < -0.4 is 4.72 Å². The molecule has 3 aromatic carbocycles. The maximum absolute atomic E-state index is 13.4. The molecule has 188 valence electrons. The van der Waals surface area contributed by atoms with Crippen molar-refractivity contribution >= 4 is 49.1 Å². The van der Waals surface area contributed by atoms with Crippen LogP contribution in [0.25, 0.3) is 21.7 Å². The van der Waals surface area contributed by atoms with Gasteiger partial charge in [0.25, 0.3) is 15.7 Å². The van der Waals surface area contributed by atoms with Gasteiger partial charge < -0.3 is 9.15 Å². The number of non-ortho nitro benzene ring substituents is 1. The predicted molar refractivity (Wildman–Crippen MR) is 137 cm³/mol. The quantitative estimate of drug-likeness (QED) is 0.122. The molecule has 0 saturated heterocycles. The maximum Gasteiger partial charge on any atom is 0.342 e. The smallest absolute Gasteiger partial charge is 0.342 e. The van der Waals surface area contributed by atoms with Crippen molar-refractivity contribution in [3.8, 4) is 0 Å². The zero-order chi connectivity index (χ0) is 26.0. The number of nitro groups is 1. The molecule has 0 atom stereocenters. The predicted octanol–water partition coefficient (Wildman–Crippen LogP) is 6.26. The molecular formula is C26H26N2O7S. The summed E-state index contributed by atoms with van der Waals surface area (Å²) in [7, 11) is -4.21. The fourth-order valence-electron chi connectivity index (χ4n) is 4.16. The van der Waals surface area contributed by atoms with Crippen LogP contribution in [0.1, 0.15) is 47.9 Å². The lowest BCUT2D eigenvalue weighted by Crippen LogP contribution is -2.15. The number of benzene rings is 3. The molecule has 0 fully saturated rings. The van der Waals surface area contributed by atoms with Gasteiger partial charge in [0.15, 0.2) is 0 Å². The molecule has 0 aliphatic carbocycles. The molecule has 9 nitrogen and oxygen atoms in total. The summed E-state index contributed by atoms with van der Waals surface area (Å²) in [5.74, 6) is -0.175. The van der Waals surface area contributed by atoms with Crippen molar-refractivity contribution in [3.05, 3.63) is 75.5 Å². The lowest BCUT2D eigenvalue weighted by atomic mass is 10.0. The number of nitrogens with one attached hydrogen (secondary N) is 1. The zero-order valence-corrected chi connectivity index (χ0v) is 21.0. The Morgan fingerprint density at radius 3 is 2.47 bits per heavy atom. The molecule has 0 aliphatic heterocycles. The molecule has 1 heterocycles. The Balaban J connectivity index is 1.83. The first-order chi connectivity index (χ1) is 17.1. The van der Waals surface area contributed by atoms with Crippen molar-refractivity contribution in [1.29, 1.82) is 0 Å². The van der Waals surface area contributed by atoms with Crippen LogP contribution in [0.4, 0.5) is 11.4 Å². The van der Waals surface area contributed by atoms with Crippen LogP contribution in [0.2, 0.25) is 0 Å². The topological polar surface area (TPSA) is 129 Å². The molecule has 0 saturated carbocycles. The van der Waals surface area contributed by atoms with Gasteiger partial charge in [-0.2, -0.15) is 0 Å². The van der Waals surface area contributed by atoms with Crippen LogP contribution in [0, 0.1) is 24.0 Å². The van der Waals surface area contributed by atoms with Crippen molar-refractivity contribution in [3.63, 3.8) is 0 Å². The van der Waals surface area contributed by atoms with Crippen molar-refractivity contribution in [2.24, 2.45) is 0 Å². The average Bonchev–Trinajstić information content (AvgIpc) is 3.17. The van der Waals surface area contributed by atoms with Crippen LogP contribution in [0.5, 0.6) is 0 Å². The molecule has 0 radical (unpaired) electrons. The third kappa shape index (κ3) is 4.76. The Hall–Kier alpha value is -3.92. The summed E-state index contributed by atoms with van der Waals surface area (Å²) in [6.45, 7) is 5.55. The molecule has 0 unspecified atom stereocenters. The summed E-state index contributed by atoms with van der Waals surface area (Å²) in [5.41, 5.74) is 0.913. The summed E-state index contributed by atoms with van der Waals surface area (Å²) >= 11 is 0. The van der Waals surface area contributed by atoms with Gasteiger partial charge in [0.1, 0.15) is 16.9 Å². The third-order valence-electron chi connectivity index (χ3n) is 5.97. The highest BCUT2D eigenvalue weighted by atomic mass is 32.2. The Morgan fingerprint density at radius 1 is 1.06 bits per heavy atom. The Labute approximate surface area is 208 Å². The minimum atomic E-state index is -4.21. The number of anilines is 1. The van der Waals surface area contributed by atoms with Crippen LogP contribution in [-0.2, 0) is 14.8 Å². The summed E-state index contributed by atoms with van der Waals surface area (Å²) < 4.78 is 40.7. The number of hydrogen-bond donors (Lipinski definition) is 1. The second kappa shape index (κ2) is 9.98. The van der Waals surface area contributed by atoms with Gasteiger partial charge in [-0.15, -0.1) is 0 Å². The first kappa shape index (κ1) is 25.2. The Kier molecular flexibility index (Phi) is 6.98. The Morgan fingerprint density at radius 2 is 1.78 bits per heavy atom. The second-order valence-electron chi connectivity index (χ2n) is 8.54. The molecule has 0 amide bonds. The van der Waals surface area contributed by atoms with Crippen LogP contribution in [0.3, 0.4) is 0 Å². The summed E-state index contributed by atoms with van der Waals surface area (Å²) in [4.78, 5) is 23.3. The van der Waals surface area contributed by atoms with E-state index in [1.165, 1.54) is 12.1 Å². The SMILES string of the molecule is CCCCCOC(=O)c1c(C)oc2c1cc(NS(=O)(=O)c1cc([N+](=O)[O-])ccc1C)c1ccccc12. The van der Waals surface area contributed by atoms with Crippen LogP contribution in [0.15, 0.2) is 57.8 Å². The summed E-state index contributed by atoms with van der Waals surface area (Å²) in [6.07, 6.45) is 2.67. The van der Waals surface area contributed by atoms with E-state index in [0.717, 1.165) is 25.3 Å². The highest BCUT2D eigenvalue weighted by Gasteiger charge is 2.25. The number of unbranched alkanes of at least 4 members (excludes halogenated alkanes) is 2. The summed E-state index contributed by atoms with van der Waals surface area (Å²) in [5, 5.41) is 12.8. The van der Waals surface area contributed by atoms with Crippen molar-refractivity contribution in [1.82, 2.24) is 0 Å². The van der Waals surface area contributed by atoms with E-state index in [1.54, 1.807) is 44.2 Å². The fraction of sp³-hybridized carbons (Fsp3) is 0.269. The molecule has 0 aliphatic rings. The molecule has 36 heavy (non-hydrogen) atoms. The first-order valence-corrected chi connectivity index (χ1v) is 13.0. The van der Waals surface area contributed by atoms with Gasteiger partial charge in [-0.1, -0.05) is 50.1 Å². The largest absolute Gasteiger partial charge is 0.462 e. The normalized spacial score (nSPS) is 11.6. The van der Waals surface area contributed by atoms with Gasteiger partial charge in [-0.05, 0) is 31.9 Å². The van der Waals surface area contributed by atoms with Gasteiger partial charge in [-0.25, -0.2) is 13.2 Å². The molecule has 4 rings (SSSR count). The molecular weight excluding hydrogens is 484 g/mol. The van der Waals surface area contributed by atoms with Gasteiger partial charge in [0, 0.05) is 28.3 Å². The number of esters is 1. The zero-order valence-electron chi connectivity index (χ0n) is 20.2. The highest BCUT2D eigenvalue weighted by Crippen LogP contribution is 2.38. The molecule has 10 heteroatoms. The van der Waals surface area contributed by atoms with Gasteiger partial charge in [0.2, 0.25) is 0 Å². The summed E-state index contributed by atoms with van der Waals surface area (Å²) in [6, 6.07) is 12.2. The Bertz CT molecular complexity index is 1590. The number of rotatable bonds is 9. The molecule has 0 spiro atoms. The number of furan rings is 1. The van der Waals surface area contributed by atoms with E-state index in [9.17, 15) is 23.3 Å². The number of nitrogens with zero attached hydrogens (tertiary/aromatic N) is 1. The van der Waals surface area contributed by atoms with E-state index in [0.29, 0.717) is 33.1 Å². The average molecular weight is 511 g/mol. The van der Waals surface area contributed by atoms with Crippen molar-refractivity contribution in [2.75, 3.05) is 11.3 Å². The lowest BCUT2D eigenvalue weighted by Gasteiger charge is -2.13. The fourth-order valence-corrected chi connectivity index (χ4v) is 5.49. The van der Waals surface area contributed by atoms with Crippen LogP contribution >= 0.6 is 0 Å². The number of nitro benzene ring substituents is 1. The van der Waals surface area contributed by atoms with E-state index >= 15 is 0 Å². The van der Waals surface area contributed by atoms with Crippen molar-refractivity contribution < 1.29 is 27.3 Å². The standard InChI is InChI=1S/C26H26N2O7S/c1-4-5-8-13-34-26(29)24-17(3)35-25-20-10-7-6-9-19(20)22(15-21(24)25)27-36(32,33)23-14-18(28(30)31)12-11-16(23)2/h6-7,9-12,14-15,27H,4-5,8,13H2,1-3H3. The number of aryl methyl sites for hydroxylation is 2. The number of fused-ring (bicyclic) bond motifs is 3. The number of carbonyl (C=O) groups is 1. The molecule has 4 aromatic rings. The van der Waals surface area contributed by atoms with E-state index in [-0.39, 0.29) is 28.4 Å². The number of carbonyl (C=O) groups excluding carboxylic acids is 1. The minimum absolute atomic E-state index is 0.209. The molecule has 0 bridgehead atoms. The monoisotopic (exact) mass is 510 g/mol. The number of ether oxygens (including phenoxy) is 1. The maximum atomic E-state index is 13.4. The van der Waals surface area contributed by atoms with Gasteiger partial charge in [0.05, 0.1) is 22.1 Å². The number of hydrogen-bond acceptors (Lipinski definition) is 7. The second-order valence-corrected chi connectivity index (χ2v) is 10.2. The first-order valence-electron chi connectivity index (χ1n) is 11.5. The minimum Gasteiger partial charge on any atom is -0.462 e. The van der Waals surface area contributed by atoms with E-state index < -0.39 is 20.9 Å². The number of sulfonamides is 1. The van der Waals surface area contributed by atoms with E-state index in [4.69, 9.17) is 9.15 Å². The van der Waals surface area contributed by atoms with E-state index in [2.05, 4.69) is 11.6 Å². The third-order valence-corrected chi connectivity index (χ3v) is 7.48.